The lowest BCUT2D eigenvalue weighted by molar-refractivity contribution is -0.121. The molecule has 0 bridgehead atoms. The minimum absolute atomic E-state index is 0.00177. The number of rotatable bonds is 7. The van der Waals surface area contributed by atoms with Gasteiger partial charge in [-0.25, -0.2) is 0 Å². The standard InChI is InChI=1S/C22H23NO2S/c1-16(18-8-7-17-5-3-4-6-19(17)15-18)23-22(24)13-14-26-21-11-9-20(25-2)10-12-21/h3-12,15-16H,13-14H2,1-2H3,(H,23,24). The molecule has 0 spiro atoms. The molecular weight excluding hydrogens is 342 g/mol. The number of amides is 1. The highest BCUT2D eigenvalue weighted by Gasteiger charge is 2.10. The van der Waals surface area contributed by atoms with Gasteiger partial charge in [0.2, 0.25) is 5.91 Å². The van der Waals surface area contributed by atoms with Gasteiger partial charge in [0.15, 0.2) is 0 Å². The van der Waals surface area contributed by atoms with Crippen LogP contribution < -0.4 is 10.1 Å². The van der Waals surface area contributed by atoms with E-state index in [0.717, 1.165) is 22.0 Å². The molecule has 0 saturated heterocycles. The monoisotopic (exact) mass is 365 g/mol. The molecule has 0 aliphatic heterocycles. The van der Waals surface area contributed by atoms with Crippen LogP contribution in [0.15, 0.2) is 71.6 Å². The van der Waals surface area contributed by atoms with Gasteiger partial charge in [0.1, 0.15) is 5.75 Å². The summed E-state index contributed by atoms with van der Waals surface area (Å²) >= 11 is 1.68. The fourth-order valence-corrected chi connectivity index (χ4v) is 3.66. The van der Waals surface area contributed by atoms with Crippen molar-refractivity contribution in [2.45, 2.75) is 24.3 Å². The van der Waals surface area contributed by atoms with Crippen LogP contribution in [0, 0.1) is 0 Å². The fraction of sp³-hybridized carbons (Fsp3) is 0.227. The SMILES string of the molecule is COc1ccc(SCCC(=O)NC(C)c2ccc3ccccc3c2)cc1. The largest absolute Gasteiger partial charge is 0.497 e. The van der Waals surface area contributed by atoms with E-state index in [2.05, 4.69) is 35.6 Å². The molecule has 0 radical (unpaired) electrons. The lowest BCUT2D eigenvalue weighted by Gasteiger charge is -2.15. The first-order valence-corrected chi connectivity index (χ1v) is 9.69. The molecule has 0 aliphatic carbocycles. The minimum Gasteiger partial charge on any atom is -0.497 e. The quantitative estimate of drug-likeness (QED) is 0.584. The third-order valence-corrected chi connectivity index (χ3v) is 5.32. The van der Waals surface area contributed by atoms with Gasteiger partial charge in [0.25, 0.3) is 0 Å². The first kappa shape index (κ1) is 18.3. The van der Waals surface area contributed by atoms with Gasteiger partial charge in [-0.15, -0.1) is 11.8 Å². The summed E-state index contributed by atoms with van der Waals surface area (Å²) in [6.07, 6.45) is 0.495. The van der Waals surface area contributed by atoms with Crippen molar-refractivity contribution in [1.29, 1.82) is 0 Å². The van der Waals surface area contributed by atoms with Gasteiger partial charge in [0, 0.05) is 17.1 Å². The Balaban J connectivity index is 1.50. The minimum atomic E-state index is -0.00177. The summed E-state index contributed by atoms with van der Waals surface area (Å²) < 4.78 is 5.15. The molecule has 3 aromatic carbocycles. The van der Waals surface area contributed by atoms with E-state index in [1.54, 1.807) is 18.9 Å². The third-order valence-electron chi connectivity index (χ3n) is 4.31. The van der Waals surface area contributed by atoms with Crippen molar-refractivity contribution in [3.63, 3.8) is 0 Å². The van der Waals surface area contributed by atoms with Crippen molar-refractivity contribution in [2.24, 2.45) is 0 Å². The molecule has 3 rings (SSSR count). The Kier molecular flexibility index (Phi) is 6.18. The summed E-state index contributed by atoms with van der Waals surface area (Å²) in [7, 11) is 1.66. The number of thioether (sulfide) groups is 1. The maximum Gasteiger partial charge on any atom is 0.221 e. The number of carbonyl (C=O) groups excluding carboxylic acids is 1. The zero-order valence-electron chi connectivity index (χ0n) is 15.1. The molecule has 134 valence electrons. The van der Waals surface area contributed by atoms with E-state index in [1.807, 2.05) is 43.3 Å². The number of methoxy groups -OCH3 is 1. The van der Waals surface area contributed by atoms with Crippen LogP contribution in [-0.4, -0.2) is 18.8 Å². The second-order valence-corrected chi connectivity index (χ2v) is 7.34. The zero-order valence-corrected chi connectivity index (χ0v) is 15.9. The number of ether oxygens (including phenoxy) is 1. The molecule has 1 N–H and O–H groups in total. The number of benzene rings is 3. The molecule has 3 nitrogen and oxygen atoms in total. The molecule has 3 aromatic rings. The van der Waals surface area contributed by atoms with Crippen molar-refractivity contribution in [2.75, 3.05) is 12.9 Å². The summed E-state index contributed by atoms with van der Waals surface area (Å²) in [6, 6.07) is 22.5. The molecule has 0 heterocycles. The highest BCUT2D eigenvalue weighted by atomic mass is 32.2. The van der Waals surface area contributed by atoms with Crippen LogP contribution in [0.2, 0.25) is 0 Å². The lowest BCUT2D eigenvalue weighted by Crippen LogP contribution is -2.26. The van der Waals surface area contributed by atoms with Crippen molar-refractivity contribution in [3.8, 4) is 5.75 Å². The molecule has 1 unspecified atom stereocenters. The first-order valence-electron chi connectivity index (χ1n) is 8.70. The van der Waals surface area contributed by atoms with Gasteiger partial charge >= 0.3 is 0 Å². The van der Waals surface area contributed by atoms with Gasteiger partial charge in [-0.3, -0.25) is 4.79 Å². The Morgan fingerprint density at radius 1 is 1.04 bits per heavy atom. The van der Waals surface area contributed by atoms with Crippen LogP contribution in [0.4, 0.5) is 0 Å². The van der Waals surface area contributed by atoms with E-state index < -0.39 is 0 Å². The van der Waals surface area contributed by atoms with Gasteiger partial charge in [-0.1, -0.05) is 36.4 Å². The maximum absolute atomic E-state index is 12.2. The molecule has 1 amide bonds. The smallest absolute Gasteiger partial charge is 0.221 e. The van der Waals surface area contributed by atoms with Crippen molar-refractivity contribution >= 4 is 28.4 Å². The van der Waals surface area contributed by atoms with Crippen molar-refractivity contribution in [3.05, 3.63) is 72.3 Å². The van der Waals surface area contributed by atoms with Gasteiger partial charge in [0.05, 0.1) is 13.2 Å². The number of hydrogen-bond acceptors (Lipinski definition) is 3. The molecule has 1 atom stereocenters. The van der Waals surface area contributed by atoms with Gasteiger partial charge in [-0.05, 0) is 53.6 Å². The van der Waals surface area contributed by atoms with Gasteiger partial charge < -0.3 is 10.1 Å². The molecule has 4 heteroatoms. The van der Waals surface area contributed by atoms with Crippen LogP contribution >= 0.6 is 11.8 Å². The topological polar surface area (TPSA) is 38.3 Å². The van der Waals surface area contributed by atoms with Crippen LogP contribution in [0.1, 0.15) is 24.9 Å². The first-order chi connectivity index (χ1) is 12.7. The van der Waals surface area contributed by atoms with Crippen molar-refractivity contribution in [1.82, 2.24) is 5.32 Å². The van der Waals surface area contributed by atoms with E-state index in [4.69, 9.17) is 4.74 Å². The number of nitrogens with one attached hydrogen (secondary N) is 1. The Labute approximate surface area is 158 Å². The maximum atomic E-state index is 12.2. The van der Waals surface area contributed by atoms with Gasteiger partial charge in [-0.2, -0.15) is 0 Å². The number of hydrogen-bond donors (Lipinski definition) is 1. The van der Waals surface area contributed by atoms with E-state index in [0.29, 0.717) is 6.42 Å². The third kappa shape index (κ3) is 4.79. The van der Waals surface area contributed by atoms with Crippen LogP contribution in [0.5, 0.6) is 5.75 Å². The van der Waals surface area contributed by atoms with E-state index in [-0.39, 0.29) is 11.9 Å². The summed E-state index contributed by atoms with van der Waals surface area (Å²) in [4.78, 5) is 13.4. The van der Waals surface area contributed by atoms with Crippen LogP contribution in [0.3, 0.4) is 0 Å². The second kappa shape index (κ2) is 8.77. The Morgan fingerprint density at radius 3 is 2.50 bits per heavy atom. The number of fused-ring (bicyclic) bond motifs is 1. The molecule has 0 aromatic heterocycles. The summed E-state index contributed by atoms with van der Waals surface area (Å²) in [5, 5.41) is 5.50. The fourth-order valence-electron chi connectivity index (χ4n) is 2.81. The van der Waals surface area contributed by atoms with E-state index in [9.17, 15) is 4.79 Å². The Bertz CT molecular complexity index is 877. The molecule has 0 saturated carbocycles. The Hall–Kier alpha value is -2.46. The number of carbonyl (C=O) groups is 1. The van der Waals surface area contributed by atoms with E-state index >= 15 is 0 Å². The molecule has 26 heavy (non-hydrogen) atoms. The summed E-state index contributed by atoms with van der Waals surface area (Å²) in [5.41, 5.74) is 1.12. The predicted molar refractivity (Wildman–Crippen MR) is 109 cm³/mol. The van der Waals surface area contributed by atoms with Crippen LogP contribution in [-0.2, 0) is 4.79 Å². The van der Waals surface area contributed by atoms with E-state index in [1.165, 1.54) is 10.8 Å². The van der Waals surface area contributed by atoms with Crippen molar-refractivity contribution < 1.29 is 9.53 Å². The summed E-state index contributed by atoms with van der Waals surface area (Å²) in [5.74, 6) is 1.67. The zero-order chi connectivity index (χ0) is 18.4. The lowest BCUT2D eigenvalue weighted by atomic mass is 10.0. The normalized spacial score (nSPS) is 11.9. The molecule has 0 aliphatic rings. The average molecular weight is 365 g/mol. The highest BCUT2D eigenvalue weighted by molar-refractivity contribution is 7.99. The second-order valence-electron chi connectivity index (χ2n) is 6.17. The summed E-state index contributed by atoms with van der Waals surface area (Å²) in [6.45, 7) is 2.03. The molecule has 0 fully saturated rings. The Morgan fingerprint density at radius 2 is 1.77 bits per heavy atom. The molecular formula is C22H23NO2S. The van der Waals surface area contributed by atoms with Crippen LogP contribution in [0.25, 0.3) is 10.8 Å². The predicted octanol–water partition coefficient (Wildman–Crippen LogP) is 5.21. The highest BCUT2D eigenvalue weighted by Crippen LogP contribution is 2.23. The average Bonchev–Trinajstić information content (AvgIpc) is 2.68.